The average Bonchev–Trinajstić information content (AvgIpc) is 3.77. The molecule has 0 fully saturated rings. The number of aryl methyl sites for hydroxylation is 2. The Morgan fingerprint density at radius 1 is 0.696 bits per heavy atom. The van der Waals surface area contributed by atoms with E-state index < -0.39 is 24.6 Å². The number of hydrogen-bond donors (Lipinski definition) is 1. The van der Waals surface area contributed by atoms with Crippen LogP contribution in [-0.4, -0.2) is 44.8 Å². The van der Waals surface area contributed by atoms with Gasteiger partial charge in [-0.05, 0) is 113 Å². The molecular formula is C43H47F3N2O6S2. The Kier molecular flexibility index (Phi) is 14.4. The average molecular weight is 809 g/mol. The van der Waals surface area contributed by atoms with Gasteiger partial charge in [0.15, 0.2) is 28.6 Å². The standard InChI is InChI=1S/C22H24F3NO3S.C21H23NO3S/c1-4-21(27,22(23,24)25)12-11-15-9-10-17(18(13-15)28-14(2)3)29-20-26-16-7-5-6-8-19(16)30-20;1-4-16(23)11-9-15-10-12-18(19(13-15)24-14(2)3)25-21-22-17-7-5-6-8-20(17)26-21/h5-10,13-14,27H,4,11-12H2,1-3H3;5-8,10,12-14H,4,9,11H2,1-3H3. The fourth-order valence-corrected chi connectivity index (χ4v) is 7.24. The second kappa shape index (κ2) is 18.9. The SMILES string of the molecule is CCC(=O)CCc1ccc(Oc2nc3ccccc3s2)c(OC(C)C)c1.CCC(O)(CCc1ccc(Oc2nc3ccccc3s2)c(OC(C)C)c1)C(F)(F)F. The van der Waals surface area contributed by atoms with Crippen LogP contribution in [0.15, 0.2) is 84.9 Å². The number of fused-ring (bicyclic) bond motifs is 2. The Labute approximate surface area is 333 Å². The van der Waals surface area contributed by atoms with E-state index in [1.165, 1.54) is 29.6 Å². The van der Waals surface area contributed by atoms with Crippen LogP contribution in [0, 0.1) is 0 Å². The van der Waals surface area contributed by atoms with Crippen LogP contribution in [0.3, 0.4) is 0 Å². The van der Waals surface area contributed by atoms with Gasteiger partial charge in [0.25, 0.3) is 10.4 Å². The highest BCUT2D eigenvalue weighted by Gasteiger charge is 2.51. The maximum atomic E-state index is 13.2. The summed E-state index contributed by atoms with van der Waals surface area (Å²) in [7, 11) is 0. The van der Waals surface area contributed by atoms with Crippen LogP contribution in [0.4, 0.5) is 13.2 Å². The number of carbonyl (C=O) groups is 1. The van der Waals surface area contributed by atoms with E-state index in [0.717, 1.165) is 26.0 Å². The fourth-order valence-electron chi connectivity index (χ4n) is 5.58. The molecule has 0 spiro atoms. The van der Waals surface area contributed by atoms with Crippen LogP contribution in [0.1, 0.15) is 78.4 Å². The quantitative estimate of drug-likeness (QED) is 0.103. The van der Waals surface area contributed by atoms with Crippen LogP contribution in [-0.2, 0) is 17.6 Å². The zero-order chi connectivity index (χ0) is 40.5. The second-order valence-electron chi connectivity index (χ2n) is 13.8. The highest BCUT2D eigenvalue weighted by molar-refractivity contribution is 7.20. The van der Waals surface area contributed by atoms with Gasteiger partial charge in [0.1, 0.15) is 5.78 Å². The summed E-state index contributed by atoms with van der Waals surface area (Å²) in [6.45, 7) is 10.9. The zero-order valence-corrected chi connectivity index (χ0v) is 33.9. The number of thiazole rings is 2. The lowest BCUT2D eigenvalue weighted by molar-refractivity contribution is -0.263. The minimum absolute atomic E-state index is 0.0280. The van der Waals surface area contributed by atoms with Crippen molar-refractivity contribution in [2.75, 3.05) is 0 Å². The van der Waals surface area contributed by atoms with Crippen molar-refractivity contribution in [1.29, 1.82) is 0 Å². The van der Waals surface area contributed by atoms with Crippen molar-refractivity contribution in [3.05, 3.63) is 96.1 Å². The first-order valence-corrected chi connectivity index (χ1v) is 20.3. The Balaban J connectivity index is 0.000000216. The molecule has 1 unspecified atom stereocenters. The third-order valence-corrected chi connectivity index (χ3v) is 10.5. The molecule has 0 saturated carbocycles. The Bertz CT molecular complexity index is 2150. The number of para-hydroxylation sites is 2. The molecule has 2 aromatic heterocycles. The van der Waals surface area contributed by atoms with Crippen LogP contribution < -0.4 is 18.9 Å². The number of ketones is 1. The monoisotopic (exact) mass is 808 g/mol. The lowest BCUT2D eigenvalue weighted by Gasteiger charge is -2.29. The van der Waals surface area contributed by atoms with Crippen molar-refractivity contribution in [2.45, 2.75) is 104 Å². The largest absolute Gasteiger partial charge is 0.487 e. The van der Waals surface area contributed by atoms with E-state index in [-0.39, 0.29) is 24.4 Å². The summed E-state index contributed by atoms with van der Waals surface area (Å²) in [6, 6.07) is 26.5. The Hall–Kier alpha value is -4.72. The molecule has 6 rings (SSSR count). The molecule has 8 nitrogen and oxygen atoms in total. The molecule has 1 N–H and O–H groups in total. The van der Waals surface area contributed by atoms with Gasteiger partial charge >= 0.3 is 6.18 Å². The number of ether oxygens (including phenoxy) is 4. The Morgan fingerprint density at radius 3 is 1.57 bits per heavy atom. The molecule has 0 amide bonds. The molecule has 0 aliphatic heterocycles. The van der Waals surface area contributed by atoms with Crippen molar-refractivity contribution in [3.63, 3.8) is 0 Å². The van der Waals surface area contributed by atoms with Crippen LogP contribution in [0.2, 0.25) is 0 Å². The summed E-state index contributed by atoms with van der Waals surface area (Å²) in [5.41, 5.74) is 0.736. The normalized spacial score (nSPS) is 12.7. The van der Waals surface area contributed by atoms with E-state index >= 15 is 0 Å². The summed E-state index contributed by atoms with van der Waals surface area (Å²) in [5.74, 6) is 2.46. The second-order valence-corrected chi connectivity index (χ2v) is 15.8. The van der Waals surface area contributed by atoms with Gasteiger partial charge in [-0.15, -0.1) is 0 Å². The van der Waals surface area contributed by atoms with E-state index in [0.29, 0.717) is 58.2 Å². The summed E-state index contributed by atoms with van der Waals surface area (Å²) in [6.07, 6.45) is -3.72. The summed E-state index contributed by atoms with van der Waals surface area (Å²) in [5, 5.41) is 11.0. The predicted octanol–water partition coefficient (Wildman–Crippen LogP) is 12.3. The molecule has 2 heterocycles. The predicted molar refractivity (Wildman–Crippen MR) is 217 cm³/mol. The number of hydrogen-bond acceptors (Lipinski definition) is 10. The molecule has 298 valence electrons. The van der Waals surface area contributed by atoms with E-state index in [9.17, 15) is 23.1 Å². The minimum Gasteiger partial charge on any atom is -0.487 e. The first-order chi connectivity index (χ1) is 26.7. The summed E-state index contributed by atoms with van der Waals surface area (Å²) < 4.78 is 65.2. The van der Waals surface area contributed by atoms with Gasteiger partial charge in [0, 0.05) is 12.8 Å². The molecule has 6 aromatic rings. The molecule has 1 atom stereocenters. The van der Waals surface area contributed by atoms with Gasteiger partial charge < -0.3 is 24.1 Å². The highest BCUT2D eigenvalue weighted by atomic mass is 32.1. The molecule has 0 bridgehead atoms. The number of carbonyl (C=O) groups excluding carboxylic acids is 1. The van der Waals surface area contributed by atoms with Gasteiger partial charge in [0.05, 0.1) is 32.6 Å². The van der Waals surface area contributed by atoms with Crippen molar-refractivity contribution in [2.24, 2.45) is 0 Å². The first-order valence-electron chi connectivity index (χ1n) is 18.6. The number of alkyl halides is 3. The molecule has 4 aromatic carbocycles. The molecule has 0 saturated heterocycles. The van der Waals surface area contributed by atoms with E-state index in [4.69, 9.17) is 18.9 Å². The number of halogens is 3. The van der Waals surface area contributed by atoms with Crippen molar-refractivity contribution >= 4 is 48.9 Å². The number of aromatic nitrogens is 2. The van der Waals surface area contributed by atoms with Crippen LogP contribution in [0.25, 0.3) is 20.4 Å². The summed E-state index contributed by atoms with van der Waals surface area (Å²) in [4.78, 5) is 20.5. The first kappa shape index (κ1) is 42.4. The Morgan fingerprint density at radius 2 is 1.16 bits per heavy atom. The maximum absolute atomic E-state index is 13.2. The van der Waals surface area contributed by atoms with Gasteiger partial charge in [-0.2, -0.15) is 13.2 Å². The molecule has 13 heteroatoms. The van der Waals surface area contributed by atoms with Crippen LogP contribution >= 0.6 is 22.7 Å². The number of aliphatic hydroxyl groups is 1. The number of benzene rings is 4. The van der Waals surface area contributed by atoms with Gasteiger partial charge in [0.2, 0.25) is 0 Å². The number of nitrogens with zero attached hydrogens (tertiary/aromatic N) is 2. The zero-order valence-electron chi connectivity index (χ0n) is 32.3. The lowest BCUT2D eigenvalue weighted by Crippen LogP contribution is -2.44. The van der Waals surface area contributed by atoms with Gasteiger partial charge in [-0.1, -0.05) is 72.9 Å². The third-order valence-electron chi connectivity index (χ3n) is 8.71. The van der Waals surface area contributed by atoms with Crippen LogP contribution in [0.5, 0.6) is 33.4 Å². The molecule has 0 aliphatic rings. The van der Waals surface area contributed by atoms with Crippen molar-refractivity contribution < 1.29 is 42.0 Å². The highest BCUT2D eigenvalue weighted by Crippen LogP contribution is 2.40. The topological polar surface area (TPSA) is 100 Å². The van der Waals surface area contributed by atoms with E-state index in [2.05, 4.69) is 9.97 Å². The van der Waals surface area contributed by atoms with E-state index in [1.54, 1.807) is 18.2 Å². The van der Waals surface area contributed by atoms with Gasteiger partial charge in [-0.3, -0.25) is 4.79 Å². The smallest absolute Gasteiger partial charge is 0.417 e. The van der Waals surface area contributed by atoms with Gasteiger partial charge in [-0.25, -0.2) is 9.97 Å². The molecule has 0 radical (unpaired) electrons. The lowest BCUT2D eigenvalue weighted by atomic mass is 9.91. The molecule has 0 aliphatic carbocycles. The van der Waals surface area contributed by atoms with E-state index in [1.807, 2.05) is 101 Å². The minimum atomic E-state index is -4.67. The number of rotatable bonds is 16. The fraction of sp³-hybridized carbons (Fsp3) is 0.372. The molecule has 56 heavy (non-hydrogen) atoms. The molecular weight excluding hydrogens is 762 g/mol. The summed E-state index contributed by atoms with van der Waals surface area (Å²) >= 11 is 2.90. The van der Waals surface area contributed by atoms with Crippen molar-refractivity contribution in [1.82, 2.24) is 9.97 Å². The third kappa shape index (κ3) is 11.4. The number of Topliss-reactive ketones (excluding diaryl/α,β-unsaturated/α-hetero) is 1. The van der Waals surface area contributed by atoms with Crippen molar-refractivity contribution in [3.8, 4) is 33.4 Å². The maximum Gasteiger partial charge on any atom is 0.417 e.